The number of para-hydroxylation sites is 1. The lowest BCUT2D eigenvalue weighted by atomic mass is 10.1. The van der Waals surface area contributed by atoms with Gasteiger partial charge in [-0.3, -0.25) is 9.10 Å². The van der Waals surface area contributed by atoms with Gasteiger partial charge in [0.2, 0.25) is 15.9 Å². The molecule has 1 N–H and O–H groups in total. The van der Waals surface area contributed by atoms with Gasteiger partial charge in [0.1, 0.15) is 6.54 Å². The molecule has 5 nitrogen and oxygen atoms in total. The first-order valence-electron chi connectivity index (χ1n) is 6.64. The Morgan fingerprint density at radius 1 is 1.29 bits per heavy atom. The second-order valence-electron chi connectivity index (χ2n) is 5.32. The summed E-state index contributed by atoms with van der Waals surface area (Å²) in [5.74, 6) is -0.0949. The SMILES string of the molecule is CC(C)C(C)NC(=O)CN(c1ccccc1Cl)S(C)(=O)=O. The zero-order valence-electron chi connectivity index (χ0n) is 12.6. The van der Waals surface area contributed by atoms with E-state index in [4.69, 9.17) is 11.6 Å². The van der Waals surface area contributed by atoms with Crippen LogP contribution in [0.2, 0.25) is 5.02 Å². The maximum Gasteiger partial charge on any atom is 0.240 e. The van der Waals surface area contributed by atoms with Crippen LogP contribution in [-0.4, -0.2) is 33.2 Å². The van der Waals surface area contributed by atoms with Crippen molar-refractivity contribution in [2.45, 2.75) is 26.8 Å². The fourth-order valence-electron chi connectivity index (χ4n) is 1.63. The van der Waals surface area contributed by atoms with Crippen LogP contribution in [0.1, 0.15) is 20.8 Å². The molecule has 1 amide bonds. The highest BCUT2D eigenvalue weighted by atomic mass is 35.5. The average Bonchev–Trinajstić information content (AvgIpc) is 2.35. The van der Waals surface area contributed by atoms with Crippen molar-refractivity contribution >= 4 is 33.2 Å². The summed E-state index contributed by atoms with van der Waals surface area (Å²) in [4.78, 5) is 12.0. The molecule has 0 heterocycles. The van der Waals surface area contributed by atoms with E-state index < -0.39 is 10.0 Å². The van der Waals surface area contributed by atoms with Gasteiger partial charge in [0.15, 0.2) is 0 Å². The van der Waals surface area contributed by atoms with E-state index in [-0.39, 0.29) is 29.4 Å². The first-order chi connectivity index (χ1) is 9.62. The molecule has 0 aliphatic rings. The number of amides is 1. The third kappa shape index (κ3) is 5.21. The Morgan fingerprint density at radius 2 is 1.86 bits per heavy atom. The molecule has 0 saturated carbocycles. The summed E-state index contributed by atoms with van der Waals surface area (Å²) in [5, 5.41) is 3.07. The molecule has 0 radical (unpaired) electrons. The molecule has 1 atom stereocenters. The van der Waals surface area contributed by atoms with Crippen molar-refractivity contribution < 1.29 is 13.2 Å². The molecule has 1 unspecified atom stereocenters. The van der Waals surface area contributed by atoms with E-state index in [0.717, 1.165) is 10.6 Å². The molecule has 118 valence electrons. The van der Waals surface area contributed by atoms with Gasteiger partial charge in [-0.1, -0.05) is 37.6 Å². The van der Waals surface area contributed by atoms with E-state index in [2.05, 4.69) is 5.32 Å². The lowest BCUT2D eigenvalue weighted by Crippen LogP contribution is -2.44. The van der Waals surface area contributed by atoms with Gasteiger partial charge in [0.05, 0.1) is 17.0 Å². The Bertz CT molecular complexity index is 602. The quantitative estimate of drug-likeness (QED) is 0.869. The van der Waals surface area contributed by atoms with E-state index in [1.54, 1.807) is 24.3 Å². The highest BCUT2D eigenvalue weighted by Gasteiger charge is 2.23. The van der Waals surface area contributed by atoms with Gasteiger partial charge >= 0.3 is 0 Å². The van der Waals surface area contributed by atoms with Gasteiger partial charge in [-0.2, -0.15) is 0 Å². The number of rotatable bonds is 6. The number of hydrogen-bond donors (Lipinski definition) is 1. The molecule has 1 aromatic rings. The Kier molecular flexibility index (Phi) is 6.04. The molecule has 0 aliphatic heterocycles. The Hall–Kier alpha value is -1.27. The van der Waals surface area contributed by atoms with Gasteiger partial charge < -0.3 is 5.32 Å². The highest BCUT2D eigenvalue weighted by molar-refractivity contribution is 7.92. The number of nitrogens with zero attached hydrogens (tertiary/aromatic N) is 1. The highest BCUT2D eigenvalue weighted by Crippen LogP contribution is 2.26. The molecule has 0 aliphatic carbocycles. The van der Waals surface area contributed by atoms with Gasteiger partial charge in [-0.05, 0) is 25.0 Å². The van der Waals surface area contributed by atoms with E-state index in [9.17, 15) is 13.2 Å². The fourth-order valence-corrected chi connectivity index (χ4v) is 2.79. The number of halogens is 1. The van der Waals surface area contributed by atoms with Crippen LogP contribution in [0.3, 0.4) is 0 Å². The maximum absolute atomic E-state index is 12.0. The van der Waals surface area contributed by atoms with E-state index in [1.165, 1.54) is 0 Å². The molecular weight excluding hydrogens is 312 g/mol. The predicted molar refractivity (Wildman–Crippen MR) is 86.1 cm³/mol. The molecule has 0 fully saturated rings. The molecule has 7 heteroatoms. The first kappa shape index (κ1) is 17.8. The van der Waals surface area contributed by atoms with Gasteiger partial charge in [-0.25, -0.2) is 8.42 Å². The van der Waals surface area contributed by atoms with Crippen molar-refractivity contribution in [2.24, 2.45) is 5.92 Å². The van der Waals surface area contributed by atoms with Gasteiger partial charge in [0.25, 0.3) is 0 Å². The van der Waals surface area contributed by atoms with Crippen molar-refractivity contribution in [3.05, 3.63) is 29.3 Å². The number of sulfonamides is 1. The second kappa shape index (κ2) is 7.13. The topological polar surface area (TPSA) is 66.5 Å². The Labute approximate surface area is 131 Å². The Morgan fingerprint density at radius 3 is 2.33 bits per heavy atom. The summed E-state index contributed by atoms with van der Waals surface area (Å²) in [5.41, 5.74) is 0.300. The van der Waals surface area contributed by atoms with Gasteiger partial charge in [0, 0.05) is 6.04 Å². The molecule has 1 rings (SSSR count). The molecule has 0 bridgehead atoms. The zero-order valence-corrected chi connectivity index (χ0v) is 14.2. The molecule has 0 saturated heterocycles. The number of carbonyl (C=O) groups is 1. The number of carbonyl (C=O) groups excluding carboxylic acids is 1. The van der Waals surface area contributed by atoms with Crippen molar-refractivity contribution in [3.8, 4) is 0 Å². The van der Waals surface area contributed by atoms with Crippen LogP contribution in [0.15, 0.2) is 24.3 Å². The summed E-state index contributed by atoms with van der Waals surface area (Å²) in [6.45, 7) is 5.54. The van der Waals surface area contributed by atoms with E-state index in [1.807, 2.05) is 20.8 Å². The normalized spacial score (nSPS) is 13.0. The van der Waals surface area contributed by atoms with E-state index in [0.29, 0.717) is 5.69 Å². The van der Waals surface area contributed by atoms with Crippen LogP contribution in [0.5, 0.6) is 0 Å². The maximum atomic E-state index is 12.0. The van der Waals surface area contributed by atoms with E-state index >= 15 is 0 Å². The largest absolute Gasteiger partial charge is 0.352 e. The number of anilines is 1. The summed E-state index contributed by atoms with van der Waals surface area (Å²) >= 11 is 6.03. The van der Waals surface area contributed by atoms with Crippen LogP contribution in [0.25, 0.3) is 0 Å². The number of hydrogen-bond acceptors (Lipinski definition) is 3. The van der Waals surface area contributed by atoms with Crippen LogP contribution in [0, 0.1) is 5.92 Å². The third-order valence-electron chi connectivity index (χ3n) is 3.20. The van der Waals surface area contributed by atoms with Crippen LogP contribution < -0.4 is 9.62 Å². The minimum atomic E-state index is -3.60. The van der Waals surface area contributed by atoms with Crippen molar-refractivity contribution in [1.29, 1.82) is 0 Å². The predicted octanol–water partition coefficient (Wildman–Crippen LogP) is 2.27. The smallest absolute Gasteiger partial charge is 0.240 e. The minimum Gasteiger partial charge on any atom is -0.352 e. The molecule has 0 spiro atoms. The summed E-state index contributed by atoms with van der Waals surface area (Å²) in [7, 11) is -3.60. The van der Waals surface area contributed by atoms with Gasteiger partial charge in [-0.15, -0.1) is 0 Å². The number of benzene rings is 1. The number of nitrogens with one attached hydrogen (secondary N) is 1. The molecular formula is C14H21ClN2O3S. The van der Waals surface area contributed by atoms with Crippen molar-refractivity contribution in [1.82, 2.24) is 5.32 Å². The van der Waals surface area contributed by atoms with Crippen LogP contribution in [0.4, 0.5) is 5.69 Å². The average molecular weight is 333 g/mol. The van der Waals surface area contributed by atoms with Crippen molar-refractivity contribution in [3.63, 3.8) is 0 Å². The van der Waals surface area contributed by atoms with Crippen LogP contribution >= 0.6 is 11.6 Å². The first-order valence-corrected chi connectivity index (χ1v) is 8.87. The summed E-state index contributed by atoms with van der Waals surface area (Å²) in [6, 6.07) is 6.50. The molecule has 0 aromatic heterocycles. The van der Waals surface area contributed by atoms with Crippen molar-refractivity contribution in [2.75, 3.05) is 17.1 Å². The summed E-state index contributed by atoms with van der Waals surface area (Å²) < 4.78 is 24.9. The monoisotopic (exact) mass is 332 g/mol. The summed E-state index contributed by atoms with van der Waals surface area (Å²) in [6.07, 6.45) is 1.05. The third-order valence-corrected chi connectivity index (χ3v) is 4.64. The lowest BCUT2D eigenvalue weighted by molar-refractivity contribution is -0.120. The minimum absolute atomic E-state index is 0.0369. The zero-order chi connectivity index (χ0) is 16.2. The lowest BCUT2D eigenvalue weighted by Gasteiger charge is -2.24. The Balaban J connectivity index is 2.97. The molecule has 21 heavy (non-hydrogen) atoms. The molecule has 1 aromatic carbocycles. The second-order valence-corrected chi connectivity index (χ2v) is 7.64. The standard InChI is InChI=1S/C14H21ClN2O3S/c1-10(2)11(3)16-14(18)9-17(21(4,19)20)13-8-6-5-7-12(13)15/h5-8,10-11H,9H2,1-4H3,(H,16,18). The van der Waals surface area contributed by atoms with Crippen LogP contribution in [-0.2, 0) is 14.8 Å². The fraction of sp³-hybridized carbons (Fsp3) is 0.500.